The Balaban J connectivity index is 1.68. The van der Waals surface area contributed by atoms with E-state index in [-0.39, 0.29) is 0 Å². The second-order valence-corrected chi connectivity index (χ2v) is 5.78. The predicted octanol–water partition coefficient (Wildman–Crippen LogP) is 3.73. The smallest absolute Gasteiger partial charge is 0.145 e. The van der Waals surface area contributed by atoms with Crippen LogP contribution in [0.15, 0.2) is 47.5 Å². The van der Waals surface area contributed by atoms with Crippen molar-refractivity contribution in [3.8, 4) is 5.75 Å². The van der Waals surface area contributed by atoms with Gasteiger partial charge in [-0.25, -0.2) is 4.99 Å². The molecule has 22 heavy (non-hydrogen) atoms. The van der Waals surface area contributed by atoms with E-state index in [4.69, 9.17) is 27.9 Å². The normalized spacial score (nSPS) is 14.6. The van der Waals surface area contributed by atoms with E-state index in [9.17, 15) is 0 Å². The molecule has 0 aliphatic carbocycles. The summed E-state index contributed by atoms with van der Waals surface area (Å²) < 4.78 is 5.24. The van der Waals surface area contributed by atoms with Gasteiger partial charge in [-0.2, -0.15) is 5.01 Å². The molecule has 0 atom stereocenters. The van der Waals surface area contributed by atoms with Crippen molar-refractivity contribution in [2.75, 3.05) is 13.8 Å². The maximum Gasteiger partial charge on any atom is 0.145 e. The Morgan fingerprint density at radius 2 is 2.09 bits per heavy atom. The van der Waals surface area contributed by atoms with Gasteiger partial charge in [-0.05, 0) is 35.9 Å². The number of aliphatic imine (C=N–C) groups is 1. The average molecular weight is 336 g/mol. The Kier molecular flexibility index (Phi) is 4.52. The maximum atomic E-state index is 6.22. The lowest BCUT2D eigenvalue weighted by molar-refractivity contribution is 0.256. The summed E-state index contributed by atoms with van der Waals surface area (Å²) >= 11 is 12.1. The van der Waals surface area contributed by atoms with Crippen LogP contribution in [0.25, 0.3) is 0 Å². The van der Waals surface area contributed by atoms with Crippen LogP contribution in [0, 0.1) is 0 Å². The fourth-order valence-corrected chi connectivity index (χ4v) is 2.78. The standard InChI is InChI=1S/C16H15Cl2N3O/c1-22-13-4-2-3-11(7-13)9-21-10-19-16(20-21)14-6-5-12(17)8-15(14)18/h2-8H,9-10H2,1H3,(H,19,20). The van der Waals surface area contributed by atoms with Gasteiger partial charge in [0, 0.05) is 17.1 Å². The molecule has 114 valence electrons. The van der Waals surface area contributed by atoms with Crippen LogP contribution in [0.3, 0.4) is 0 Å². The molecule has 1 aliphatic heterocycles. The van der Waals surface area contributed by atoms with Crippen molar-refractivity contribution in [3.63, 3.8) is 0 Å². The first-order chi connectivity index (χ1) is 10.7. The lowest BCUT2D eigenvalue weighted by Gasteiger charge is -2.17. The zero-order chi connectivity index (χ0) is 15.5. The highest BCUT2D eigenvalue weighted by Crippen LogP contribution is 2.22. The number of ether oxygens (including phenoxy) is 1. The van der Waals surface area contributed by atoms with Gasteiger partial charge in [0.1, 0.15) is 18.3 Å². The van der Waals surface area contributed by atoms with Crippen molar-refractivity contribution < 1.29 is 4.74 Å². The lowest BCUT2D eigenvalue weighted by atomic mass is 10.2. The van der Waals surface area contributed by atoms with Crippen molar-refractivity contribution in [1.82, 2.24) is 10.4 Å². The summed E-state index contributed by atoms with van der Waals surface area (Å²) in [6, 6.07) is 13.3. The fourth-order valence-electron chi connectivity index (χ4n) is 2.28. The van der Waals surface area contributed by atoms with E-state index < -0.39 is 0 Å². The SMILES string of the molecule is COc1cccc(CN2CN=C(c3ccc(Cl)cc3Cl)N2)c1. The van der Waals surface area contributed by atoms with Crippen molar-refractivity contribution in [2.24, 2.45) is 4.99 Å². The number of benzene rings is 2. The Morgan fingerprint density at radius 3 is 2.86 bits per heavy atom. The Bertz CT molecular complexity index is 718. The third-order valence-electron chi connectivity index (χ3n) is 3.36. The molecule has 2 aromatic rings. The third-order valence-corrected chi connectivity index (χ3v) is 3.91. The Labute approximate surface area is 139 Å². The highest BCUT2D eigenvalue weighted by atomic mass is 35.5. The van der Waals surface area contributed by atoms with Gasteiger partial charge in [0.05, 0.1) is 12.1 Å². The van der Waals surface area contributed by atoms with E-state index in [0.29, 0.717) is 16.7 Å². The minimum atomic E-state index is 0.561. The number of rotatable bonds is 4. The lowest BCUT2D eigenvalue weighted by Crippen LogP contribution is -2.35. The number of nitrogens with one attached hydrogen (secondary N) is 1. The van der Waals surface area contributed by atoms with Crippen molar-refractivity contribution in [2.45, 2.75) is 6.54 Å². The molecule has 0 saturated carbocycles. The molecule has 1 aliphatic rings. The second kappa shape index (κ2) is 6.57. The van der Waals surface area contributed by atoms with Crippen LogP contribution in [0.4, 0.5) is 0 Å². The molecular weight excluding hydrogens is 321 g/mol. The number of hydrogen-bond donors (Lipinski definition) is 1. The molecule has 0 aromatic heterocycles. The molecule has 6 heteroatoms. The molecule has 0 unspecified atom stereocenters. The van der Waals surface area contributed by atoms with Crippen molar-refractivity contribution >= 4 is 29.0 Å². The largest absolute Gasteiger partial charge is 0.497 e. The number of hydrazine groups is 1. The number of amidine groups is 1. The molecule has 0 bridgehead atoms. The minimum Gasteiger partial charge on any atom is -0.497 e. The van der Waals surface area contributed by atoms with E-state index >= 15 is 0 Å². The molecule has 0 saturated heterocycles. The quantitative estimate of drug-likeness (QED) is 0.924. The van der Waals surface area contributed by atoms with Gasteiger partial charge in [0.15, 0.2) is 0 Å². The van der Waals surface area contributed by atoms with Gasteiger partial charge >= 0.3 is 0 Å². The van der Waals surface area contributed by atoms with E-state index in [1.807, 2.05) is 29.3 Å². The van der Waals surface area contributed by atoms with Crippen LogP contribution in [0.5, 0.6) is 5.75 Å². The van der Waals surface area contributed by atoms with Crippen LogP contribution in [-0.4, -0.2) is 24.6 Å². The molecule has 0 radical (unpaired) electrons. The Hall–Kier alpha value is -1.75. The van der Waals surface area contributed by atoms with E-state index in [1.54, 1.807) is 19.2 Å². The zero-order valence-corrected chi connectivity index (χ0v) is 13.5. The van der Waals surface area contributed by atoms with Gasteiger partial charge in [-0.15, -0.1) is 0 Å². The first-order valence-electron chi connectivity index (χ1n) is 6.80. The third kappa shape index (κ3) is 3.35. The fraction of sp³-hybridized carbons (Fsp3) is 0.188. The summed E-state index contributed by atoms with van der Waals surface area (Å²) in [5, 5.41) is 3.21. The van der Waals surface area contributed by atoms with E-state index in [1.165, 1.54) is 0 Å². The van der Waals surface area contributed by atoms with Gasteiger partial charge in [-0.1, -0.05) is 35.3 Å². The van der Waals surface area contributed by atoms with Crippen LogP contribution in [0.2, 0.25) is 10.0 Å². The summed E-state index contributed by atoms with van der Waals surface area (Å²) in [7, 11) is 1.66. The summed E-state index contributed by atoms with van der Waals surface area (Å²) in [6.45, 7) is 1.28. The number of nitrogens with zero attached hydrogens (tertiary/aromatic N) is 2. The monoisotopic (exact) mass is 335 g/mol. The van der Waals surface area contributed by atoms with Gasteiger partial charge in [0.25, 0.3) is 0 Å². The van der Waals surface area contributed by atoms with Crippen LogP contribution in [0.1, 0.15) is 11.1 Å². The summed E-state index contributed by atoms with van der Waals surface area (Å²) in [5.74, 6) is 1.60. The number of hydrogen-bond acceptors (Lipinski definition) is 4. The molecule has 3 rings (SSSR count). The molecular formula is C16H15Cl2N3O. The predicted molar refractivity (Wildman–Crippen MR) is 89.5 cm³/mol. The molecule has 0 spiro atoms. The van der Waals surface area contributed by atoms with Crippen molar-refractivity contribution in [1.29, 1.82) is 0 Å². The molecule has 0 fully saturated rings. The average Bonchev–Trinajstić information content (AvgIpc) is 2.95. The molecule has 1 N–H and O–H groups in total. The van der Waals surface area contributed by atoms with Crippen molar-refractivity contribution in [3.05, 3.63) is 63.6 Å². The summed E-state index contributed by atoms with van der Waals surface area (Å²) in [5.41, 5.74) is 5.26. The highest BCUT2D eigenvalue weighted by molar-refractivity contribution is 6.37. The molecule has 0 amide bonds. The van der Waals surface area contributed by atoms with Gasteiger partial charge in [0.2, 0.25) is 0 Å². The summed E-state index contributed by atoms with van der Waals surface area (Å²) in [6.07, 6.45) is 0. The second-order valence-electron chi connectivity index (χ2n) is 4.93. The Morgan fingerprint density at radius 1 is 1.23 bits per heavy atom. The first kappa shape index (κ1) is 15.2. The highest BCUT2D eigenvalue weighted by Gasteiger charge is 2.18. The first-order valence-corrected chi connectivity index (χ1v) is 7.56. The summed E-state index contributed by atoms with van der Waals surface area (Å²) in [4.78, 5) is 4.49. The molecule has 1 heterocycles. The maximum absolute atomic E-state index is 6.22. The van der Waals surface area contributed by atoms with Crippen LogP contribution >= 0.6 is 23.2 Å². The van der Waals surface area contributed by atoms with Crippen LogP contribution < -0.4 is 10.2 Å². The van der Waals surface area contributed by atoms with E-state index in [0.717, 1.165) is 29.3 Å². The minimum absolute atomic E-state index is 0.561. The number of halogens is 2. The number of methoxy groups -OCH3 is 1. The van der Waals surface area contributed by atoms with Gasteiger partial charge < -0.3 is 10.2 Å². The molecule has 4 nitrogen and oxygen atoms in total. The van der Waals surface area contributed by atoms with Gasteiger partial charge in [-0.3, -0.25) is 0 Å². The van der Waals surface area contributed by atoms with E-state index in [2.05, 4.69) is 16.5 Å². The topological polar surface area (TPSA) is 36.9 Å². The molecule has 2 aromatic carbocycles. The zero-order valence-electron chi connectivity index (χ0n) is 12.0. The van der Waals surface area contributed by atoms with Crippen LogP contribution in [-0.2, 0) is 6.54 Å².